The van der Waals surface area contributed by atoms with Crippen LogP contribution in [0, 0.1) is 0 Å². The molecule has 1 unspecified atom stereocenters. The number of benzene rings is 1. The van der Waals surface area contributed by atoms with Crippen LogP contribution in [0.2, 0.25) is 0 Å². The van der Waals surface area contributed by atoms with Gasteiger partial charge in [-0.1, -0.05) is 18.2 Å². The standard InChI is InChI=1S/C14H21N3O4S/c1-21-13-6-4-3-5-11(13)12-9-15-7-8-17(12)14(18)10-16-22(2,19)20/h3-6,12,15-16H,7-10H2,1-2H3. The van der Waals surface area contributed by atoms with E-state index in [-0.39, 0.29) is 18.5 Å². The number of hydrogen-bond donors (Lipinski definition) is 2. The van der Waals surface area contributed by atoms with Crippen molar-refractivity contribution in [3.05, 3.63) is 29.8 Å². The molecule has 0 spiro atoms. The molecular weight excluding hydrogens is 306 g/mol. The summed E-state index contributed by atoms with van der Waals surface area (Å²) in [5, 5.41) is 3.25. The Balaban J connectivity index is 2.19. The Morgan fingerprint density at radius 3 is 2.86 bits per heavy atom. The molecule has 1 amide bonds. The highest BCUT2D eigenvalue weighted by Crippen LogP contribution is 2.30. The zero-order chi connectivity index (χ0) is 16.2. The fraction of sp³-hybridized carbons (Fsp3) is 0.500. The van der Waals surface area contributed by atoms with Gasteiger partial charge in [0.15, 0.2) is 0 Å². The third-order valence-electron chi connectivity index (χ3n) is 3.55. The summed E-state index contributed by atoms with van der Waals surface area (Å²) in [6.07, 6.45) is 1.04. The summed E-state index contributed by atoms with van der Waals surface area (Å²) in [7, 11) is -1.80. The van der Waals surface area contributed by atoms with Crippen LogP contribution >= 0.6 is 0 Å². The quantitative estimate of drug-likeness (QED) is 0.776. The van der Waals surface area contributed by atoms with Crippen LogP contribution in [0.15, 0.2) is 24.3 Å². The normalized spacial score (nSPS) is 19.0. The van der Waals surface area contributed by atoms with Crippen molar-refractivity contribution < 1.29 is 17.9 Å². The number of ether oxygens (including phenoxy) is 1. The molecule has 1 aliphatic heterocycles. The number of hydrogen-bond acceptors (Lipinski definition) is 5. The van der Waals surface area contributed by atoms with Gasteiger partial charge in [-0.15, -0.1) is 0 Å². The Morgan fingerprint density at radius 1 is 1.45 bits per heavy atom. The summed E-state index contributed by atoms with van der Waals surface area (Å²) in [6, 6.07) is 7.35. The fourth-order valence-electron chi connectivity index (χ4n) is 2.52. The maximum atomic E-state index is 12.4. The molecule has 0 radical (unpaired) electrons. The maximum Gasteiger partial charge on any atom is 0.238 e. The number of sulfonamides is 1. The minimum Gasteiger partial charge on any atom is -0.496 e. The van der Waals surface area contributed by atoms with Gasteiger partial charge in [0.25, 0.3) is 0 Å². The molecule has 0 bridgehead atoms. The minimum atomic E-state index is -3.39. The van der Waals surface area contributed by atoms with Crippen molar-refractivity contribution in [2.24, 2.45) is 0 Å². The van der Waals surface area contributed by atoms with E-state index in [2.05, 4.69) is 10.0 Å². The third kappa shape index (κ3) is 4.19. The molecule has 1 aromatic rings. The van der Waals surface area contributed by atoms with Gasteiger partial charge in [0.1, 0.15) is 5.75 Å². The van der Waals surface area contributed by atoms with Crippen LogP contribution in [-0.4, -0.2) is 58.8 Å². The van der Waals surface area contributed by atoms with Crippen molar-refractivity contribution in [1.82, 2.24) is 14.9 Å². The zero-order valence-corrected chi connectivity index (χ0v) is 13.5. The summed E-state index contributed by atoms with van der Waals surface area (Å²) in [6.45, 7) is 1.57. The van der Waals surface area contributed by atoms with Gasteiger partial charge in [0.2, 0.25) is 15.9 Å². The third-order valence-corrected chi connectivity index (χ3v) is 4.22. The molecule has 8 heteroatoms. The van der Waals surface area contributed by atoms with Crippen molar-refractivity contribution in [2.75, 3.05) is 39.5 Å². The number of carbonyl (C=O) groups excluding carboxylic acids is 1. The van der Waals surface area contributed by atoms with E-state index in [0.717, 1.165) is 11.8 Å². The van der Waals surface area contributed by atoms with Crippen molar-refractivity contribution in [1.29, 1.82) is 0 Å². The van der Waals surface area contributed by atoms with Gasteiger partial charge in [0, 0.05) is 25.2 Å². The smallest absolute Gasteiger partial charge is 0.238 e. The van der Waals surface area contributed by atoms with Crippen LogP contribution in [0.5, 0.6) is 5.75 Å². The van der Waals surface area contributed by atoms with Crippen LogP contribution in [0.25, 0.3) is 0 Å². The SMILES string of the molecule is COc1ccccc1C1CNCCN1C(=O)CNS(C)(=O)=O. The van der Waals surface area contributed by atoms with Crippen LogP contribution < -0.4 is 14.8 Å². The highest BCUT2D eigenvalue weighted by Gasteiger charge is 2.29. The number of para-hydroxylation sites is 1. The molecule has 2 N–H and O–H groups in total. The topological polar surface area (TPSA) is 87.7 Å². The number of amides is 1. The fourth-order valence-corrected chi connectivity index (χ4v) is 2.90. The summed E-state index contributed by atoms with van der Waals surface area (Å²) in [5.41, 5.74) is 0.907. The molecule has 0 aliphatic carbocycles. The molecule has 122 valence electrons. The first-order chi connectivity index (χ1) is 10.4. The lowest BCUT2D eigenvalue weighted by Gasteiger charge is -2.37. The molecule has 7 nitrogen and oxygen atoms in total. The van der Waals surface area contributed by atoms with E-state index in [0.29, 0.717) is 25.4 Å². The predicted molar refractivity (Wildman–Crippen MR) is 83.2 cm³/mol. The minimum absolute atomic E-state index is 0.182. The van der Waals surface area contributed by atoms with Gasteiger partial charge in [-0.3, -0.25) is 4.79 Å². The number of methoxy groups -OCH3 is 1. The number of carbonyl (C=O) groups is 1. The molecule has 0 aromatic heterocycles. The summed E-state index contributed by atoms with van der Waals surface area (Å²) in [5.74, 6) is 0.466. The van der Waals surface area contributed by atoms with Crippen molar-refractivity contribution >= 4 is 15.9 Å². The average molecular weight is 327 g/mol. The van der Waals surface area contributed by atoms with Crippen molar-refractivity contribution in [2.45, 2.75) is 6.04 Å². The van der Waals surface area contributed by atoms with Gasteiger partial charge < -0.3 is 15.0 Å². The van der Waals surface area contributed by atoms with Crippen molar-refractivity contribution in [3.8, 4) is 5.75 Å². The van der Waals surface area contributed by atoms with E-state index in [4.69, 9.17) is 4.74 Å². The van der Waals surface area contributed by atoms with E-state index < -0.39 is 10.0 Å². The second-order valence-corrected chi connectivity index (χ2v) is 6.98. The second-order valence-electron chi connectivity index (χ2n) is 5.14. The first-order valence-corrected chi connectivity index (χ1v) is 8.89. The van der Waals surface area contributed by atoms with E-state index in [9.17, 15) is 13.2 Å². The molecule has 1 aromatic carbocycles. The molecular formula is C14H21N3O4S. The Hall–Kier alpha value is -1.64. The zero-order valence-electron chi connectivity index (χ0n) is 12.7. The van der Waals surface area contributed by atoms with Crippen LogP contribution in [0.1, 0.15) is 11.6 Å². The Kier molecular flexibility index (Phi) is 5.38. The van der Waals surface area contributed by atoms with Crippen LogP contribution in [0.3, 0.4) is 0 Å². The van der Waals surface area contributed by atoms with Gasteiger partial charge in [-0.25, -0.2) is 13.1 Å². The summed E-state index contributed by atoms with van der Waals surface area (Å²) >= 11 is 0. The lowest BCUT2D eigenvalue weighted by molar-refractivity contribution is -0.133. The molecule has 1 atom stereocenters. The lowest BCUT2D eigenvalue weighted by Crippen LogP contribution is -2.51. The Morgan fingerprint density at radius 2 is 2.18 bits per heavy atom. The number of rotatable bonds is 5. The summed E-state index contributed by atoms with van der Waals surface area (Å²) in [4.78, 5) is 14.0. The molecule has 0 saturated carbocycles. The number of piperazine rings is 1. The largest absolute Gasteiger partial charge is 0.496 e. The number of nitrogens with zero attached hydrogens (tertiary/aromatic N) is 1. The van der Waals surface area contributed by atoms with E-state index in [1.54, 1.807) is 12.0 Å². The monoisotopic (exact) mass is 327 g/mol. The summed E-state index contributed by atoms with van der Waals surface area (Å²) < 4.78 is 29.9. The first-order valence-electron chi connectivity index (χ1n) is 7.00. The molecule has 1 fully saturated rings. The molecule has 1 aliphatic rings. The van der Waals surface area contributed by atoms with E-state index >= 15 is 0 Å². The Labute approximate surface area is 130 Å². The number of nitrogens with one attached hydrogen (secondary N) is 2. The van der Waals surface area contributed by atoms with Crippen LogP contribution in [0.4, 0.5) is 0 Å². The molecule has 1 heterocycles. The van der Waals surface area contributed by atoms with Gasteiger partial charge in [-0.05, 0) is 6.07 Å². The molecule has 1 saturated heterocycles. The second kappa shape index (κ2) is 7.08. The Bertz CT molecular complexity index is 633. The predicted octanol–water partition coefficient (Wildman–Crippen LogP) is -0.283. The highest BCUT2D eigenvalue weighted by molar-refractivity contribution is 7.88. The highest BCUT2D eigenvalue weighted by atomic mass is 32.2. The first kappa shape index (κ1) is 16.7. The molecule has 2 rings (SSSR count). The molecule has 22 heavy (non-hydrogen) atoms. The lowest BCUT2D eigenvalue weighted by atomic mass is 10.0. The van der Waals surface area contributed by atoms with Crippen molar-refractivity contribution in [3.63, 3.8) is 0 Å². The van der Waals surface area contributed by atoms with Gasteiger partial charge in [-0.2, -0.15) is 0 Å². The van der Waals surface area contributed by atoms with Gasteiger partial charge in [0.05, 0.1) is 26.0 Å². The van der Waals surface area contributed by atoms with E-state index in [1.807, 2.05) is 24.3 Å². The van der Waals surface area contributed by atoms with E-state index in [1.165, 1.54) is 0 Å². The van der Waals surface area contributed by atoms with Gasteiger partial charge >= 0.3 is 0 Å². The van der Waals surface area contributed by atoms with Crippen LogP contribution in [-0.2, 0) is 14.8 Å². The average Bonchev–Trinajstić information content (AvgIpc) is 2.52. The maximum absolute atomic E-state index is 12.4.